The van der Waals surface area contributed by atoms with Gasteiger partial charge in [-0.3, -0.25) is 9.59 Å². The van der Waals surface area contributed by atoms with Gasteiger partial charge in [0.2, 0.25) is 5.91 Å². The van der Waals surface area contributed by atoms with Crippen LogP contribution in [0.4, 0.5) is 11.5 Å². The molecule has 0 unspecified atom stereocenters. The molecule has 9 nitrogen and oxygen atoms in total. The maximum Gasteiger partial charge on any atom is 0.259 e. The van der Waals surface area contributed by atoms with Crippen molar-refractivity contribution in [2.24, 2.45) is 11.8 Å². The molecule has 1 fully saturated rings. The van der Waals surface area contributed by atoms with Gasteiger partial charge in [0.05, 0.1) is 5.92 Å². The van der Waals surface area contributed by atoms with E-state index in [-0.39, 0.29) is 59.9 Å². The highest BCUT2D eigenvalue weighted by molar-refractivity contribution is 5.99. The first-order valence-corrected chi connectivity index (χ1v) is 14.6. The number of nitrogens with one attached hydrogen (secondary N) is 2. The molecule has 0 aliphatic carbocycles. The molecular weight excluding hydrogens is 575 g/mol. The maximum atomic E-state index is 14.2. The van der Waals surface area contributed by atoms with E-state index < -0.39 is 0 Å². The molecule has 1 saturated heterocycles. The number of rotatable bonds is 10. The number of piperidine rings is 1. The number of carbonyl (C=O) groups is 2. The standard InChI is InChI=1S/C31H46N6O3.2ClH/c1-21(2)20-37(29(39)25-19-34-30(31(3,4)5)35-27(25)33-13-9-15-40-6)24-16-23(17-32-18-24)28(38)36-14-12-22-10-7-8-11-26(22)36;;/h7-8,10-11,19,21,23-24,32H,9,12-18,20H2,1-6H3,(H,33,34,35);2*1H/t23-,24+;;/m1../s1. The van der Waals surface area contributed by atoms with Crippen LogP contribution in [-0.4, -0.2) is 79.2 Å². The van der Waals surface area contributed by atoms with E-state index in [1.54, 1.807) is 13.3 Å². The van der Waals surface area contributed by atoms with Crippen molar-refractivity contribution in [2.75, 3.05) is 56.7 Å². The van der Waals surface area contributed by atoms with Crippen LogP contribution < -0.4 is 15.5 Å². The minimum absolute atomic E-state index is 0. The summed E-state index contributed by atoms with van der Waals surface area (Å²) < 4.78 is 5.20. The molecule has 1 aromatic carbocycles. The number of benzene rings is 1. The van der Waals surface area contributed by atoms with Crippen LogP contribution in [0.25, 0.3) is 0 Å². The lowest BCUT2D eigenvalue weighted by Crippen LogP contribution is -2.55. The van der Waals surface area contributed by atoms with Crippen LogP contribution in [0.5, 0.6) is 0 Å². The first-order valence-electron chi connectivity index (χ1n) is 14.6. The third-order valence-electron chi connectivity index (χ3n) is 7.60. The second-order valence-electron chi connectivity index (χ2n) is 12.4. The molecule has 3 heterocycles. The minimum atomic E-state index is -0.253. The molecular formula is C31H48Cl2N6O3. The number of methoxy groups -OCH3 is 1. The fraction of sp³-hybridized carbons (Fsp3) is 0.613. The van der Waals surface area contributed by atoms with Gasteiger partial charge in [-0.05, 0) is 36.8 Å². The number of para-hydroxylation sites is 1. The summed E-state index contributed by atoms with van der Waals surface area (Å²) in [7, 11) is 1.68. The Kier molecular flexibility index (Phi) is 13.5. The Labute approximate surface area is 263 Å². The van der Waals surface area contributed by atoms with Crippen LogP contribution in [0, 0.1) is 11.8 Å². The largest absolute Gasteiger partial charge is 0.385 e. The van der Waals surface area contributed by atoms with Gasteiger partial charge in [-0.1, -0.05) is 52.8 Å². The molecule has 11 heteroatoms. The molecule has 2 aliphatic heterocycles. The summed E-state index contributed by atoms with van der Waals surface area (Å²) in [6, 6.07) is 8.04. The number of anilines is 2. The zero-order valence-electron chi connectivity index (χ0n) is 25.8. The molecule has 0 saturated carbocycles. The summed E-state index contributed by atoms with van der Waals surface area (Å²) in [5.74, 6) is 1.34. The molecule has 2 aliphatic rings. The Bertz CT molecular complexity index is 1190. The quantitative estimate of drug-likeness (QED) is 0.369. The molecule has 2 N–H and O–H groups in total. The van der Waals surface area contributed by atoms with E-state index in [2.05, 4.69) is 56.3 Å². The molecule has 234 valence electrons. The number of ether oxygens (including phenoxy) is 1. The topological polar surface area (TPSA) is 99.7 Å². The van der Waals surface area contributed by atoms with E-state index in [9.17, 15) is 9.59 Å². The molecule has 2 amide bonds. The fourth-order valence-electron chi connectivity index (χ4n) is 5.54. The van der Waals surface area contributed by atoms with Gasteiger partial charge in [0, 0.05) is 69.8 Å². The average molecular weight is 624 g/mol. The molecule has 2 aromatic rings. The number of halogens is 2. The summed E-state index contributed by atoms with van der Waals surface area (Å²) in [6.07, 6.45) is 3.97. The minimum Gasteiger partial charge on any atom is -0.385 e. The number of nitrogens with zero attached hydrogens (tertiary/aromatic N) is 4. The van der Waals surface area contributed by atoms with Crippen molar-refractivity contribution in [1.82, 2.24) is 20.2 Å². The molecule has 4 rings (SSSR count). The summed E-state index contributed by atoms with van der Waals surface area (Å²) in [6.45, 7) is 14.2. The van der Waals surface area contributed by atoms with Crippen molar-refractivity contribution in [3.8, 4) is 0 Å². The van der Waals surface area contributed by atoms with Gasteiger partial charge in [0.15, 0.2) is 0 Å². The summed E-state index contributed by atoms with van der Waals surface area (Å²) in [5, 5.41) is 6.83. The molecule has 2 atom stereocenters. The Morgan fingerprint density at radius 3 is 2.62 bits per heavy atom. The first-order chi connectivity index (χ1) is 19.1. The highest BCUT2D eigenvalue weighted by atomic mass is 35.5. The third-order valence-corrected chi connectivity index (χ3v) is 7.60. The molecule has 42 heavy (non-hydrogen) atoms. The van der Waals surface area contributed by atoms with Gasteiger partial charge in [0.1, 0.15) is 17.2 Å². The Hall–Kier alpha value is -2.46. The number of hydrogen-bond donors (Lipinski definition) is 2. The van der Waals surface area contributed by atoms with Crippen molar-refractivity contribution < 1.29 is 14.3 Å². The third kappa shape index (κ3) is 8.56. The van der Waals surface area contributed by atoms with Crippen LogP contribution >= 0.6 is 24.8 Å². The average Bonchev–Trinajstić information content (AvgIpc) is 3.37. The van der Waals surface area contributed by atoms with Crippen molar-refractivity contribution in [3.63, 3.8) is 0 Å². The first kappa shape index (κ1) is 35.7. The van der Waals surface area contributed by atoms with E-state index in [0.717, 1.165) is 18.5 Å². The van der Waals surface area contributed by atoms with E-state index in [1.165, 1.54) is 5.56 Å². The molecule has 1 aromatic heterocycles. The molecule has 0 bridgehead atoms. The van der Waals surface area contributed by atoms with Crippen molar-refractivity contribution in [2.45, 2.75) is 65.3 Å². The van der Waals surface area contributed by atoms with Crippen LogP contribution in [-0.2, 0) is 21.4 Å². The molecule has 0 radical (unpaired) electrons. The smallest absolute Gasteiger partial charge is 0.259 e. The number of amides is 2. The van der Waals surface area contributed by atoms with Crippen LogP contribution in [0.2, 0.25) is 0 Å². The number of hydrogen-bond acceptors (Lipinski definition) is 7. The van der Waals surface area contributed by atoms with Crippen molar-refractivity contribution in [3.05, 3.63) is 47.4 Å². The van der Waals surface area contributed by atoms with Gasteiger partial charge in [-0.2, -0.15) is 0 Å². The Morgan fingerprint density at radius 1 is 1.19 bits per heavy atom. The van der Waals surface area contributed by atoms with Crippen LogP contribution in [0.3, 0.4) is 0 Å². The fourth-order valence-corrected chi connectivity index (χ4v) is 5.54. The predicted octanol–water partition coefficient (Wildman–Crippen LogP) is 4.73. The number of fused-ring (bicyclic) bond motifs is 1. The summed E-state index contributed by atoms with van der Waals surface area (Å²) in [4.78, 5) is 41.2. The van der Waals surface area contributed by atoms with Gasteiger partial charge in [-0.15, -0.1) is 24.8 Å². The van der Waals surface area contributed by atoms with E-state index in [1.807, 2.05) is 28.0 Å². The maximum absolute atomic E-state index is 14.2. The van der Waals surface area contributed by atoms with Crippen molar-refractivity contribution in [1.29, 1.82) is 0 Å². The summed E-state index contributed by atoms with van der Waals surface area (Å²) >= 11 is 0. The normalized spacial score (nSPS) is 18.1. The predicted molar refractivity (Wildman–Crippen MR) is 173 cm³/mol. The summed E-state index contributed by atoms with van der Waals surface area (Å²) in [5.41, 5.74) is 2.45. The lowest BCUT2D eigenvalue weighted by molar-refractivity contribution is -0.123. The number of carbonyl (C=O) groups excluding carboxylic acids is 2. The van der Waals surface area contributed by atoms with E-state index in [0.29, 0.717) is 63.0 Å². The van der Waals surface area contributed by atoms with Gasteiger partial charge >= 0.3 is 0 Å². The highest BCUT2D eigenvalue weighted by Crippen LogP contribution is 2.31. The zero-order valence-corrected chi connectivity index (χ0v) is 27.4. The Balaban J connectivity index is 0.00000308. The van der Waals surface area contributed by atoms with Gasteiger partial charge in [-0.25, -0.2) is 9.97 Å². The second-order valence-corrected chi connectivity index (χ2v) is 12.4. The monoisotopic (exact) mass is 622 g/mol. The Morgan fingerprint density at radius 2 is 1.93 bits per heavy atom. The van der Waals surface area contributed by atoms with Crippen molar-refractivity contribution >= 4 is 48.1 Å². The second kappa shape index (κ2) is 15.8. The van der Waals surface area contributed by atoms with E-state index in [4.69, 9.17) is 9.72 Å². The van der Waals surface area contributed by atoms with Crippen LogP contribution in [0.1, 0.15) is 69.2 Å². The van der Waals surface area contributed by atoms with Crippen LogP contribution in [0.15, 0.2) is 30.5 Å². The SMILES string of the molecule is COCCCNc1nc(C(C)(C)C)ncc1C(=O)N(CC(C)C)[C@@H]1CNC[C@H](C(=O)N2CCc3ccccc32)C1.Cl.Cl. The molecule has 0 spiro atoms. The van der Waals surface area contributed by atoms with Gasteiger partial charge < -0.3 is 25.2 Å². The lowest BCUT2D eigenvalue weighted by atomic mass is 9.92. The van der Waals surface area contributed by atoms with E-state index >= 15 is 0 Å². The van der Waals surface area contributed by atoms with Gasteiger partial charge in [0.25, 0.3) is 5.91 Å². The number of aromatic nitrogens is 2. The zero-order chi connectivity index (χ0) is 28.9. The lowest BCUT2D eigenvalue weighted by Gasteiger charge is -2.39. The highest BCUT2D eigenvalue weighted by Gasteiger charge is 2.37.